The van der Waals surface area contributed by atoms with E-state index in [9.17, 15) is 0 Å². The lowest BCUT2D eigenvalue weighted by Crippen LogP contribution is -2.59. The number of hydrogen-bond donors (Lipinski definition) is 0. The molecule has 0 N–H and O–H groups in total. The zero-order valence-electron chi connectivity index (χ0n) is 15.8. The summed E-state index contributed by atoms with van der Waals surface area (Å²) in [6.07, 6.45) is 10.8. The van der Waals surface area contributed by atoms with Gasteiger partial charge in [0.15, 0.2) is 0 Å². The van der Waals surface area contributed by atoms with E-state index >= 15 is 0 Å². The van der Waals surface area contributed by atoms with E-state index in [1.165, 1.54) is 43.2 Å². The molecule has 26 heavy (non-hydrogen) atoms. The molecule has 3 nitrogen and oxygen atoms in total. The molecule has 0 unspecified atom stereocenters. The fourth-order valence-electron chi connectivity index (χ4n) is 7.02. The lowest BCUT2D eigenvalue weighted by molar-refractivity contribution is -0.390. The normalized spacial score (nSPS) is 49.3. The Kier molecular flexibility index (Phi) is 3.44. The fraction of sp³-hybridized carbons (Fsp3) is 0.739. The van der Waals surface area contributed by atoms with Crippen molar-refractivity contribution in [2.24, 2.45) is 23.7 Å². The molecule has 0 radical (unpaired) electrons. The van der Waals surface area contributed by atoms with E-state index in [4.69, 9.17) is 14.5 Å². The van der Waals surface area contributed by atoms with Crippen LogP contribution in [-0.4, -0.2) is 11.6 Å². The van der Waals surface area contributed by atoms with Gasteiger partial charge in [0.2, 0.25) is 11.6 Å². The van der Waals surface area contributed by atoms with Crippen LogP contribution >= 0.6 is 0 Å². The SMILES string of the molecule is Cc1ccc(C2CCC3(CC2)OOC2(O3)C3CC4CC(C3)CC2C4)cc1. The lowest BCUT2D eigenvalue weighted by Gasteiger charge is -2.57. The van der Waals surface area contributed by atoms with E-state index in [-0.39, 0.29) is 0 Å². The molecule has 6 fully saturated rings. The monoisotopic (exact) mass is 354 g/mol. The third kappa shape index (κ3) is 2.30. The maximum atomic E-state index is 6.81. The van der Waals surface area contributed by atoms with Crippen molar-refractivity contribution in [1.82, 2.24) is 0 Å². The first-order valence-electron chi connectivity index (χ1n) is 10.8. The lowest BCUT2D eigenvalue weighted by atomic mass is 9.53. The Morgan fingerprint density at radius 1 is 0.808 bits per heavy atom. The van der Waals surface area contributed by atoms with Gasteiger partial charge >= 0.3 is 0 Å². The highest BCUT2D eigenvalue weighted by atomic mass is 17.3. The highest BCUT2D eigenvalue weighted by Crippen LogP contribution is 2.64. The number of rotatable bonds is 1. The van der Waals surface area contributed by atoms with Crippen LogP contribution in [-0.2, 0) is 14.5 Å². The predicted octanol–water partition coefficient (Wildman–Crippen LogP) is 5.48. The summed E-state index contributed by atoms with van der Waals surface area (Å²) >= 11 is 0. The Hall–Kier alpha value is -0.900. The van der Waals surface area contributed by atoms with Gasteiger partial charge in [0.1, 0.15) is 0 Å². The number of ether oxygens (including phenoxy) is 1. The van der Waals surface area contributed by atoms with Crippen LogP contribution in [0.15, 0.2) is 24.3 Å². The minimum Gasteiger partial charge on any atom is -0.312 e. The van der Waals surface area contributed by atoms with E-state index in [1.807, 2.05) is 0 Å². The van der Waals surface area contributed by atoms with Gasteiger partial charge in [-0.05, 0) is 75.2 Å². The first-order chi connectivity index (χ1) is 12.6. The van der Waals surface area contributed by atoms with Crippen molar-refractivity contribution in [3.63, 3.8) is 0 Å². The van der Waals surface area contributed by atoms with Crippen LogP contribution < -0.4 is 0 Å². The molecule has 1 heterocycles. The average molecular weight is 354 g/mol. The summed E-state index contributed by atoms with van der Waals surface area (Å²) in [5.41, 5.74) is 2.80. The quantitative estimate of drug-likeness (QED) is 0.625. The van der Waals surface area contributed by atoms with Gasteiger partial charge in [-0.25, -0.2) is 0 Å². The van der Waals surface area contributed by atoms with E-state index < -0.39 is 11.6 Å². The maximum absolute atomic E-state index is 6.81. The van der Waals surface area contributed by atoms with Gasteiger partial charge in [-0.2, -0.15) is 9.78 Å². The second kappa shape index (κ2) is 5.56. The molecule has 0 atom stereocenters. The van der Waals surface area contributed by atoms with Crippen LogP contribution in [0.2, 0.25) is 0 Å². The second-order valence-electron chi connectivity index (χ2n) is 9.89. The molecule has 1 aromatic rings. The molecule has 2 spiro atoms. The zero-order valence-corrected chi connectivity index (χ0v) is 15.8. The van der Waals surface area contributed by atoms with Crippen molar-refractivity contribution in [2.75, 3.05) is 0 Å². The van der Waals surface area contributed by atoms with Gasteiger partial charge < -0.3 is 4.74 Å². The van der Waals surface area contributed by atoms with Gasteiger partial charge in [0, 0.05) is 24.7 Å². The molecule has 7 rings (SSSR count). The van der Waals surface area contributed by atoms with E-state index in [0.717, 1.165) is 37.5 Å². The third-order valence-electron chi connectivity index (χ3n) is 8.24. The van der Waals surface area contributed by atoms with E-state index in [1.54, 1.807) is 0 Å². The van der Waals surface area contributed by atoms with Crippen LogP contribution in [0.25, 0.3) is 0 Å². The smallest absolute Gasteiger partial charge is 0.210 e. The summed E-state index contributed by atoms with van der Waals surface area (Å²) in [5.74, 6) is 2.71. The van der Waals surface area contributed by atoms with Gasteiger partial charge in [-0.15, -0.1) is 0 Å². The number of hydrogen-bond acceptors (Lipinski definition) is 3. The van der Waals surface area contributed by atoms with Gasteiger partial charge in [0.05, 0.1) is 0 Å². The first kappa shape index (κ1) is 16.1. The van der Waals surface area contributed by atoms with Crippen LogP contribution in [0, 0.1) is 30.6 Å². The summed E-state index contributed by atoms with van der Waals surface area (Å²) < 4.78 is 6.81. The van der Waals surface area contributed by atoms with Crippen molar-refractivity contribution in [1.29, 1.82) is 0 Å². The molecule has 5 aliphatic carbocycles. The molecule has 1 aromatic carbocycles. The molecule has 140 valence electrons. The molecule has 0 amide bonds. The topological polar surface area (TPSA) is 27.7 Å². The standard InChI is InChI=1S/C23H30O3/c1-15-2-4-18(5-3-15)19-6-8-22(9-7-19)24-23(26-25-22)20-11-16-10-17(13-20)14-21(23)12-16/h2-5,16-17,19-21H,6-14H2,1H3. The fourth-order valence-corrected chi connectivity index (χ4v) is 7.02. The largest absolute Gasteiger partial charge is 0.312 e. The zero-order chi connectivity index (χ0) is 17.4. The molecule has 0 aromatic heterocycles. The molecular formula is C23H30O3. The van der Waals surface area contributed by atoms with Crippen LogP contribution in [0.3, 0.4) is 0 Å². The van der Waals surface area contributed by atoms with Gasteiger partial charge in [-0.3, -0.25) is 0 Å². The molecule has 1 aliphatic heterocycles. The Morgan fingerprint density at radius 2 is 1.42 bits per heavy atom. The Morgan fingerprint density at radius 3 is 2.04 bits per heavy atom. The van der Waals surface area contributed by atoms with Crippen molar-refractivity contribution in [3.05, 3.63) is 35.4 Å². The van der Waals surface area contributed by atoms with Crippen molar-refractivity contribution >= 4 is 0 Å². The second-order valence-corrected chi connectivity index (χ2v) is 9.89. The Labute approximate surface area is 156 Å². The predicted molar refractivity (Wildman–Crippen MR) is 98.2 cm³/mol. The summed E-state index contributed by atoms with van der Waals surface area (Å²) in [6, 6.07) is 9.05. The Balaban J connectivity index is 1.18. The van der Waals surface area contributed by atoms with Gasteiger partial charge in [0.25, 0.3) is 0 Å². The molecule has 6 aliphatic rings. The molecular weight excluding hydrogens is 324 g/mol. The average Bonchev–Trinajstić information content (AvgIpc) is 3.01. The third-order valence-corrected chi connectivity index (χ3v) is 8.24. The molecule has 3 heteroatoms. The number of benzene rings is 1. The van der Waals surface area contributed by atoms with E-state index in [2.05, 4.69) is 31.2 Å². The first-order valence-corrected chi connectivity index (χ1v) is 10.8. The van der Waals surface area contributed by atoms with Crippen LogP contribution in [0.5, 0.6) is 0 Å². The van der Waals surface area contributed by atoms with Crippen molar-refractivity contribution in [3.8, 4) is 0 Å². The van der Waals surface area contributed by atoms with Crippen LogP contribution in [0.1, 0.15) is 74.8 Å². The maximum Gasteiger partial charge on any atom is 0.210 e. The van der Waals surface area contributed by atoms with Crippen molar-refractivity contribution in [2.45, 2.75) is 82.2 Å². The molecule has 1 saturated heterocycles. The summed E-state index contributed by atoms with van der Waals surface area (Å²) in [6.45, 7) is 2.15. The summed E-state index contributed by atoms with van der Waals surface area (Å²) in [5, 5.41) is 0. The number of aryl methyl sites for hydroxylation is 1. The Bertz CT molecular complexity index is 658. The van der Waals surface area contributed by atoms with Crippen molar-refractivity contribution < 1.29 is 14.5 Å². The minimum atomic E-state index is -0.476. The van der Waals surface area contributed by atoms with Gasteiger partial charge in [-0.1, -0.05) is 29.8 Å². The van der Waals surface area contributed by atoms with E-state index in [0.29, 0.717) is 17.8 Å². The highest BCUT2D eigenvalue weighted by molar-refractivity contribution is 5.25. The van der Waals surface area contributed by atoms with Crippen LogP contribution in [0.4, 0.5) is 0 Å². The highest BCUT2D eigenvalue weighted by Gasteiger charge is 2.66. The minimum absolute atomic E-state index is 0.413. The summed E-state index contributed by atoms with van der Waals surface area (Å²) in [7, 11) is 0. The summed E-state index contributed by atoms with van der Waals surface area (Å²) in [4.78, 5) is 12.2. The molecule has 5 saturated carbocycles. The molecule has 4 bridgehead atoms.